The Bertz CT molecular complexity index is 528. The monoisotopic (exact) mass is 348 g/mol. The summed E-state index contributed by atoms with van der Waals surface area (Å²) in [4.78, 5) is 11.7. The molecule has 0 bridgehead atoms. The molecule has 1 unspecified atom stereocenters. The van der Waals surface area contributed by atoms with Gasteiger partial charge < -0.3 is 11.1 Å². The van der Waals surface area contributed by atoms with E-state index in [0.717, 1.165) is 4.47 Å². The van der Waals surface area contributed by atoms with Crippen molar-refractivity contribution in [3.63, 3.8) is 0 Å². The topological polar surface area (TPSA) is 89.3 Å². The van der Waals surface area contributed by atoms with Gasteiger partial charge in [-0.1, -0.05) is 15.9 Å². The lowest BCUT2D eigenvalue weighted by Crippen LogP contribution is -2.30. The first-order valence-corrected chi connectivity index (χ1v) is 8.33. The summed E-state index contributed by atoms with van der Waals surface area (Å²) in [7, 11) is -3.45. The lowest BCUT2D eigenvalue weighted by atomic mass is 10.3. The Hall–Kier alpha value is -0.920. The fraction of sp³-hybridized carbons (Fsp3) is 0.417. The number of carbonyl (C=O) groups excluding carboxylic acids is 1. The third-order valence-corrected chi connectivity index (χ3v) is 5.30. The molecule has 0 fully saturated rings. The average Bonchev–Trinajstić information content (AvgIpc) is 2.31. The molecule has 0 aliphatic rings. The van der Waals surface area contributed by atoms with Crippen molar-refractivity contribution in [1.29, 1.82) is 0 Å². The second kappa shape index (κ2) is 7.02. The maximum absolute atomic E-state index is 11.9. The summed E-state index contributed by atoms with van der Waals surface area (Å²) in [5, 5.41) is 1.95. The number of hydrogen-bond acceptors (Lipinski definition) is 4. The van der Waals surface area contributed by atoms with Crippen molar-refractivity contribution in [2.24, 2.45) is 5.73 Å². The van der Waals surface area contributed by atoms with Crippen molar-refractivity contribution in [1.82, 2.24) is 0 Å². The Morgan fingerprint density at radius 2 is 1.95 bits per heavy atom. The minimum atomic E-state index is -3.45. The predicted octanol–water partition coefficient (Wildman–Crippen LogP) is 1.54. The van der Waals surface area contributed by atoms with E-state index in [4.69, 9.17) is 5.73 Å². The number of halogens is 1. The van der Waals surface area contributed by atoms with E-state index in [-0.39, 0.29) is 6.54 Å². The van der Waals surface area contributed by atoms with Crippen molar-refractivity contribution < 1.29 is 13.2 Å². The van der Waals surface area contributed by atoms with Crippen LogP contribution in [-0.2, 0) is 14.6 Å². The number of hydrogen-bond donors (Lipinski definition) is 2. The molecule has 1 rings (SSSR count). The minimum Gasteiger partial charge on any atom is -0.330 e. The van der Waals surface area contributed by atoms with Gasteiger partial charge in [0, 0.05) is 10.2 Å². The van der Waals surface area contributed by atoms with Gasteiger partial charge in [0.2, 0.25) is 5.91 Å². The van der Waals surface area contributed by atoms with Crippen molar-refractivity contribution in [2.75, 3.05) is 17.6 Å². The molecule has 106 valence electrons. The third kappa shape index (κ3) is 5.30. The van der Waals surface area contributed by atoms with Gasteiger partial charge in [-0.05, 0) is 44.2 Å². The molecule has 7 heteroatoms. The van der Waals surface area contributed by atoms with E-state index in [9.17, 15) is 13.2 Å². The SMILES string of the molecule is CC(CCN)S(=O)(=O)CC(=O)Nc1ccc(Br)cc1. The number of anilines is 1. The maximum Gasteiger partial charge on any atom is 0.239 e. The molecule has 0 saturated carbocycles. The smallest absolute Gasteiger partial charge is 0.239 e. The van der Waals surface area contributed by atoms with Crippen LogP contribution < -0.4 is 11.1 Å². The molecule has 0 aliphatic heterocycles. The number of nitrogens with one attached hydrogen (secondary N) is 1. The average molecular weight is 349 g/mol. The highest BCUT2D eigenvalue weighted by Gasteiger charge is 2.23. The minimum absolute atomic E-state index is 0.286. The van der Waals surface area contributed by atoms with Crippen molar-refractivity contribution >= 4 is 37.4 Å². The van der Waals surface area contributed by atoms with Gasteiger partial charge in [0.15, 0.2) is 9.84 Å². The fourth-order valence-electron chi connectivity index (χ4n) is 1.47. The first kappa shape index (κ1) is 16.1. The lowest BCUT2D eigenvalue weighted by molar-refractivity contribution is -0.113. The Balaban J connectivity index is 2.62. The van der Waals surface area contributed by atoms with Gasteiger partial charge >= 0.3 is 0 Å². The molecule has 1 aromatic rings. The number of amides is 1. The molecule has 3 N–H and O–H groups in total. The van der Waals surface area contributed by atoms with E-state index in [1.54, 1.807) is 31.2 Å². The van der Waals surface area contributed by atoms with Crippen LogP contribution in [0.2, 0.25) is 0 Å². The van der Waals surface area contributed by atoms with Gasteiger partial charge in [0.1, 0.15) is 5.75 Å². The normalized spacial score (nSPS) is 13.0. The first-order chi connectivity index (χ1) is 8.85. The van der Waals surface area contributed by atoms with Gasteiger partial charge in [-0.15, -0.1) is 0 Å². The van der Waals surface area contributed by atoms with Crippen molar-refractivity contribution in [2.45, 2.75) is 18.6 Å². The van der Waals surface area contributed by atoms with Crippen LogP contribution in [0.1, 0.15) is 13.3 Å². The summed E-state index contributed by atoms with van der Waals surface area (Å²) in [6, 6.07) is 6.91. The van der Waals surface area contributed by atoms with Crippen molar-refractivity contribution in [3.05, 3.63) is 28.7 Å². The van der Waals surface area contributed by atoms with Crippen LogP contribution in [0.25, 0.3) is 0 Å². The van der Waals surface area contributed by atoms with E-state index in [1.165, 1.54) is 0 Å². The first-order valence-electron chi connectivity index (χ1n) is 5.82. The molecule has 1 amide bonds. The summed E-state index contributed by atoms with van der Waals surface area (Å²) in [6.07, 6.45) is 0.355. The summed E-state index contributed by atoms with van der Waals surface area (Å²) in [6.45, 7) is 1.85. The van der Waals surface area contributed by atoms with Gasteiger partial charge in [0.25, 0.3) is 0 Å². The molecule has 0 aliphatic carbocycles. The maximum atomic E-state index is 11.9. The van der Waals surface area contributed by atoms with E-state index < -0.39 is 26.7 Å². The molecular formula is C12H17BrN2O3S. The Labute approximate surface area is 121 Å². The van der Waals surface area contributed by atoms with Crippen LogP contribution >= 0.6 is 15.9 Å². The van der Waals surface area contributed by atoms with Crippen LogP contribution in [0.15, 0.2) is 28.7 Å². The molecule has 1 aromatic carbocycles. The molecule has 1 atom stereocenters. The highest BCUT2D eigenvalue weighted by atomic mass is 79.9. The summed E-state index contributed by atoms with van der Waals surface area (Å²) in [5.41, 5.74) is 5.89. The molecule has 19 heavy (non-hydrogen) atoms. The van der Waals surface area contributed by atoms with Crippen molar-refractivity contribution in [3.8, 4) is 0 Å². The Morgan fingerprint density at radius 1 is 1.37 bits per heavy atom. The lowest BCUT2D eigenvalue weighted by Gasteiger charge is -2.11. The van der Waals surface area contributed by atoms with E-state index in [0.29, 0.717) is 12.1 Å². The zero-order valence-electron chi connectivity index (χ0n) is 10.6. The van der Waals surface area contributed by atoms with Crippen LogP contribution in [0, 0.1) is 0 Å². The summed E-state index contributed by atoms with van der Waals surface area (Å²) < 4.78 is 24.6. The summed E-state index contributed by atoms with van der Waals surface area (Å²) in [5.74, 6) is -1.06. The van der Waals surface area contributed by atoms with Gasteiger partial charge in [-0.2, -0.15) is 0 Å². The summed E-state index contributed by atoms with van der Waals surface area (Å²) >= 11 is 3.28. The highest BCUT2D eigenvalue weighted by Crippen LogP contribution is 2.14. The number of nitrogens with two attached hydrogens (primary N) is 1. The third-order valence-electron chi connectivity index (χ3n) is 2.65. The zero-order chi connectivity index (χ0) is 14.5. The van der Waals surface area contributed by atoms with E-state index in [1.807, 2.05) is 0 Å². The quantitative estimate of drug-likeness (QED) is 0.815. The molecule has 0 heterocycles. The molecule has 5 nitrogen and oxygen atoms in total. The molecule has 0 aromatic heterocycles. The molecule has 0 saturated heterocycles. The highest BCUT2D eigenvalue weighted by molar-refractivity contribution is 9.10. The number of sulfone groups is 1. The Morgan fingerprint density at radius 3 is 2.47 bits per heavy atom. The van der Waals surface area contributed by atoms with Gasteiger partial charge in [-0.25, -0.2) is 8.42 Å². The second-order valence-corrected chi connectivity index (χ2v) is 7.59. The van der Waals surface area contributed by atoms with Crippen LogP contribution in [-0.4, -0.2) is 31.9 Å². The second-order valence-electron chi connectivity index (χ2n) is 4.25. The molecule has 0 spiro atoms. The zero-order valence-corrected chi connectivity index (χ0v) is 13.0. The number of rotatable bonds is 6. The standard InChI is InChI=1S/C12H17BrN2O3S/c1-9(6-7-14)19(17,18)8-12(16)15-11-4-2-10(13)3-5-11/h2-5,9H,6-8,14H2,1H3,(H,15,16). The predicted molar refractivity (Wildman–Crippen MR) is 79.7 cm³/mol. The largest absolute Gasteiger partial charge is 0.330 e. The molecule has 0 radical (unpaired) electrons. The number of carbonyl (C=O) groups is 1. The fourth-order valence-corrected chi connectivity index (χ4v) is 2.95. The van der Waals surface area contributed by atoms with E-state index in [2.05, 4.69) is 21.2 Å². The van der Waals surface area contributed by atoms with E-state index >= 15 is 0 Å². The van der Waals surface area contributed by atoms with Crippen LogP contribution in [0.3, 0.4) is 0 Å². The Kier molecular flexibility index (Phi) is 5.96. The molecular weight excluding hydrogens is 332 g/mol. The van der Waals surface area contributed by atoms with Gasteiger partial charge in [-0.3, -0.25) is 4.79 Å². The van der Waals surface area contributed by atoms with Crippen LogP contribution in [0.4, 0.5) is 5.69 Å². The number of benzene rings is 1. The van der Waals surface area contributed by atoms with Gasteiger partial charge in [0.05, 0.1) is 5.25 Å². The van der Waals surface area contributed by atoms with Crippen LogP contribution in [0.5, 0.6) is 0 Å².